The number of benzene rings is 1. The number of halogens is 3. The number of nitrogens with one attached hydrogen (secondary N) is 2. The van der Waals surface area contributed by atoms with Crippen LogP contribution < -0.4 is 15.5 Å². The van der Waals surface area contributed by atoms with Crippen LogP contribution in [-0.4, -0.2) is 31.5 Å². The highest BCUT2D eigenvalue weighted by molar-refractivity contribution is 7.89. The Balaban J connectivity index is 1.56. The minimum atomic E-state index is -3.86. The van der Waals surface area contributed by atoms with Crippen molar-refractivity contribution in [2.75, 3.05) is 11.6 Å². The molecule has 1 amide bonds. The summed E-state index contributed by atoms with van der Waals surface area (Å²) in [7, 11) is -3.86. The van der Waals surface area contributed by atoms with Crippen molar-refractivity contribution in [3.8, 4) is 0 Å². The van der Waals surface area contributed by atoms with Crippen molar-refractivity contribution >= 4 is 44.2 Å². The van der Waals surface area contributed by atoms with Gasteiger partial charge >= 0.3 is 0 Å². The Morgan fingerprint density at radius 3 is 2.44 bits per heavy atom. The molecule has 2 N–H and O–H groups in total. The van der Waals surface area contributed by atoms with Crippen LogP contribution in [0.5, 0.6) is 0 Å². The third kappa shape index (κ3) is 4.49. The molecule has 0 unspecified atom stereocenters. The maximum Gasteiger partial charge on any atom is 0.285 e. The van der Waals surface area contributed by atoms with Gasteiger partial charge in [0.05, 0.1) is 23.4 Å². The third-order valence-corrected chi connectivity index (χ3v) is 8.79. The predicted molar refractivity (Wildman–Crippen MR) is 144 cm³/mol. The maximum absolute atomic E-state index is 14.2. The summed E-state index contributed by atoms with van der Waals surface area (Å²) in [5.41, 5.74) is 0.311. The van der Waals surface area contributed by atoms with Crippen LogP contribution in [0, 0.1) is 19.3 Å². The first-order valence-electron chi connectivity index (χ1n) is 12.4. The van der Waals surface area contributed by atoms with Crippen LogP contribution in [0.1, 0.15) is 72.1 Å². The lowest BCUT2D eigenvalue weighted by atomic mass is 9.32. The minimum absolute atomic E-state index is 0.00652. The summed E-state index contributed by atoms with van der Waals surface area (Å²) in [6.45, 7) is 6.24. The second-order valence-corrected chi connectivity index (χ2v) is 13.3. The molecular weight excluding hydrogens is 552 g/mol. The van der Waals surface area contributed by atoms with Gasteiger partial charge in [-0.05, 0) is 70.7 Å². The molecule has 3 aliphatic carbocycles. The lowest BCUT2D eigenvalue weighted by Gasteiger charge is -2.71. The maximum atomic E-state index is 14.2. The van der Waals surface area contributed by atoms with Crippen molar-refractivity contribution in [2.45, 2.75) is 64.3 Å². The zero-order chi connectivity index (χ0) is 28.7. The van der Waals surface area contributed by atoms with Crippen molar-refractivity contribution in [2.24, 2.45) is 5.41 Å². The Bertz CT molecular complexity index is 1700. The highest BCUT2D eigenvalue weighted by Crippen LogP contribution is 2.78. The molecule has 8 nitrogen and oxygen atoms in total. The largest absolute Gasteiger partial charge is 0.460 e. The van der Waals surface area contributed by atoms with Crippen LogP contribution in [0.3, 0.4) is 0 Å². The van der Waals surface area contributed by atoms with Gasteiger partial charge in [-0.1, -0.05) is 17.7 Å². The van der Waals surface area contributed by atoms with E-state index in [1.807, 2.05) is 17.7 Å². The molecule has 0 saturated heterocycles. The number of anilines is 1. The summed E-state index contributed by atoms with van der Waals surface area (Å²) in [4.78, 5) is 30.1. The van der Waals surface area contributed by atoms with Crippen LogP contribution in [0.25, 0.3) is 11.0 Å². The molecule has 2 bridgehead atoms. The van der Waals surface area contributed by atoms with E-state index in [0.717, 1.165) is 18.7 Å². The first-order chi connectivity index (χ1) is 18.0. The summed E-state index contributed by atoms with van der Waals surface area (Å²) in [6, 6.07) is 5.97. The van der Waals surface area contributed by atoms with Gasteiger partial charge in [0.1, 0.15) is 16.5 Å². The molecule has 0 radical (unpaired) electrons. The predicted octanol–water partition coefficient (Wildman–Crippen LogP) is 5.40. The number of sulfonamides is 1. The zero-order valence-corrected chi connectivity index (χ0v) is 23.6. The van der Waals surface area contributed by atoms with Crippen molar-refractivity contribution in [3.05, 3.63) is 67.8 Å². The van der Waals surface area contributed by atoms with E-state index in [-0.39, 0.29) is 41.2 Å². The van der Waals surface area contributed by atoms with Crippen molar-refractivity contribution < 1.29 is 26.4 Å². The average molecular weight is 580 g/mol. The summed E-state index contributed by atoms with van der Waals surface area (Å²) in [5, 5.41) is 3.52. The topological polar surface area (TPSA) is 118 Å². The highest BCUT2D eigenvalue weighted by Gasteiger charge is 2.77. The van der Waals surface area contributed by atoms with E-state index in [9.17, 15) is 26.8 Å². The number of hydrogen-bond donors (Lipinski definition) is 2. The third-order valence-electron chi connectivity index (χ3n) is 8.03. The fraction of sp³-hybridized carbons (Fsp3) is 0.444. The fourth-order valence-corrected chi connectivity index (χ4v) is 6.72. The van der Waals surface area contributed by atoms with E-state index >= 15 is 0 Å². The van der Waals surface area contributed by atoms with E-state index in [1.54, 1.807) is 19.9 Å². The van der Waals surface area contributed by atoms with Crippen LogP contribution in [0.4, 0.5) is 14.5 Å². The Hall–Kier alpha value is -3.05. The second kappa shape index (κ2) is 8.72. The number of fused-ring (bicyclic) bond motifs is 1. The summed E-state index contributed by atoms with van der Waals surface area (Å²) >= 11 is 5.97. The molecule has 208 valence electrons. The Labute approximate surface area is 229 Å². The van der Waals surface area contributed by atoms with Crippen LogP contribution >= 0.6 is 11.6 Å². The Kier molecular flexibility index (Phi) is 6.16. The first-order valence-corrected chi connectivity index (χ1v) is 14.6. The smallest absolute Gasteiger partial charge is 0.285 e. The SMILES string of the molecule is Cc1cc([C@@H](C)Nc2ccc(Cl)nc2C(=O)NS(C)(=O)=O)c2oc(C34CC(C(C)(F)F)(C3)C4)c(C)c(=O)c2c1. The number of alkyl halides is 2. The number of aryl methyl sites for hydroxylation is 1. The Morgan fingerprint density at radius 1 is 1.21 bits per heavy atom. The van der Waals surface area contributed by atoms with Crippen LogP contribution in [0.2, 0.25) is 5.15 Å². The minimum Gasteiger partial charge on any atom is -0.460 e. The molecule has 6 rings (SSSR count). The first kappa shape index (κ1) is 27.5. The van der Waals surface area contributed by atoms with E-state index in [2.05, 4.69) is 10.3 Å². The average Bonchev–Trinajstić information content (AvgIpc) is 2.74. The monoisotopic (exact) mass is 579 g/mol. The number of nitrogens with zero attached hydrogens (tertiary/aromatic N) is 1. The molecule has 3 aromatic rings. The van der Waals surface area contributed by atoms with Gasteiger partial charge in [-0.15, -0.1) is 0 Å². The van der Waals surface area contributed by atoms with Crippen molar-refractivity contribution in [3.63, 3.8) is 0 Å². The van der Waals surface area contributed by atoms with Crippen molar-refractivity contribution in [1.82, 2.24) is 9.71 Å². The molecule has 2 heterocycles. The number of aromatic nitrogens is 1. The highest BCUT2D eigenvalue weighted by atomic mass is 35.5. The van der Waals surface area contributed by atoms with E-state index in [4.69, 9.17) is 16.0 Å². The van der Waals surface area contributed by atoms with Gasteiger partial charge in [0.2, 0.25) is 10.0 Å². The molecule has 2 aromatic heterocycles. The van der Waals surface area contributed by atoms with Gasteiger partial charge in [0.25, 0.3) is 11.8 Å². The zero-order valence-electron chi connectivity index (χ0n) is 22.0. The number of carbonyl (C=O) groups excluding carboxylic acids is 1. The fourth-order valence-electron chi connectivity index (χ4n) is 6.14. The number of carbonyl (C=O) groups is 1. The standard InChI is InChI=1S/C27H28ClF2N3O5S/c1-13-8-16(15(3)31-18-6-7-19(28)32-20(18)24(35)33-39(5,36)37)22-17(9-13)21(34)14(2)23(38-22)26-10-27(11-26,12-26)25(4,29)30/h6-9,15,31H,10-12H2,1-5H3,(H,33,35)/t15-,26?,27?/m1/s1. The number of pyridine rings is 1. The molecule has 3 saturated carbocycles. The van der Waals surface area contributed by atoms with Gasteiger partial charge in [-0.25, -0.2) is 26.9 Å². The number of hydrogen-bond acceptors (Lipinski definition) is 7. The molecule has 0 spiro atoms. The van der Waals surface area contributed by atoms with Crippen LogP contribution in [-0.2, 0) is 15.4 Å². The second-order valence-electron chi connectivity index (χ2n) is 11.2. The molecule has 1 aromatic carbocycles. The quantitative estimate of drug-likeness (QED) is 0.360. The molecule has 3 fully saturated rings. The lowest BCUT2D eigenvalue weighted by molar-refractivity contribution is -0.277. The molecular formula is C27H28ClF2N3O5S. The van der Waals surface area contributed by atoms with E-state index < -0.39 is 38.7 Å². The lowest BCUT2D eigenvalue weighted by Crippen LogP contribution is -2.71. The van der Waals surface area contributed by atoms with Gasteiger partial charge in [-0.2, -0.15) is 0 Å². The van der Waals surface area contributed by atoms with Crippen molar-refractivity contribution in [1.29, 1.82) is 0 Å². The molecule has 0 aliphatic heterocycles. The summed E-state index contributed by atoms with van der Waals surface area (Å²) in [5.74, 6) is -3.31. The molecule has 3 aliphatic rings. The summed E-state index contributed by atoms with van der Waals surface area (Å²) < 4.78 is 59.8. The molecule has 12 heteroatoms. The van der Waals surface area contributed by atoms with Gasteiger partial charge < -0.3 is 9.73 Å². The van der Waals surface area contributed by atoms with Gasteiger partial charge in [0, 0.05) is 22.0 Å². The number of amides is 1. The normalized spacial score (nSPS) is 23.1. The molecule has 1 atom stereocenters. The van der Waals surface area contributed by atoms with E-state index in [1.165, 1.54) is 12.1 Å². The Morgan fingerprint density at radius 2 is 1.85 bits per heavy atom. The van der Waals surface area contributed by atoms with E-state index in [0.29, 0.717) is 27.9 Å². The van der Waals surface area contributed by atoms with Gasteiger partial charge in [0.15, 0.2) is 11.1 Å². The molecule has 39 heavy (non-hydrogen) atoms. The van der Waals surface area contributed by atoms with Gasteiger partial charge in [-0.3, -0.25) is 9.59 Å². The van der Waals surface area contributed by atoms with Crippen LogP contribution in [0.15, 0.2) is 33.5 Å². The summed E-state index contributed by atoms with van der Waals surface area (Å²) in [6.07, 6.45) is 1.65. The number of rotatable bonds is 7.